The van der Waals surface area contributed by atoms with E-state index in [1.54, 1.807) is 12.1 Å². The van der Waals surface area contributed by atoms with E-state index in [-0.39, 0.29) is 12.1 Å². The maximum atomic E-state index is 11.2. The van der Waals surface area contributed by atoms with Gasteiger partial charge in [-0.2, -0.15) is 0 Å². The van der Waals surface area contributed by atoms with E-state index in [2.05, 4.69) is 0 Å². The maximum Gasteiger partial charge on any atom is 0.305 e. The summed E-state index contributed by atoms with van der Waals surface area (Å²) in [6.45, 7) is 1.82. The molecule has 0 saturated heterocycles. The van der Waals surface area contributed by atoms with E-state index in [1.165, 1.54) is 5.56 Å². The Labute approximate surface area is 108 Å². The zero-order valence-corrected chi connectivity index (χ0v) is 10.8. The summed E-state index contributed by atoms with van der Waals surface area (Å²) >= 11 is 0. The number of aromatic hydroxyl groups is 1. The average molecular weight is 248 g/mol. The third-order valence-corrected chi connectivity index (χ3v) is 3.63. The van der Waals surface area contributed by atoms with Gasteiger partial charge in [-0.15, -0.1) is 0 Å². The van der Waals surface area contributed by atoms with Gasteiger partial charge >= 0.3 is 5.97 Å². The van der Waals surface area contributed by atoms with Gasteiger partial charge in [0.1, 0.15) is 11.9 Å². The Morgan fingerprint density at radius 2 is 1.83 bits per heavy atom. The number of hydrogen-bond donors (Lipinski definition) is 1. The van der Waals surface area contributed by atoms with Crippen LogP contribution in [0.3, 0.4) is 0 Å². The highest BCUT2D eigenvalue weighted by atomic mass is 16.5. The van der Waals surface area contributed by atoms with Crippen LogP contribution in [0.4, 0.5) is 0 Å². The van der Waals surface area contributed by atoms with E-state index in [9.17, 15) is 9.90 Å². The highest BCUT2D eigenvalue weighted by Crippen LogP contribution is 2.34. The van der Waals surface area contributed by atoms with Gasteiger partial charge in [0.25, 0.3) is 0 Å². The lowest BCUT2D eigenvalue weighted by Crippen LogP contribution is -2.23. The number of ether oxygens (including phenoxy) is 1. The molecule has 1 aromatic carbocycles. The van der Waals surface area contributed by atoms with Crippen molar-refractivity contribution in [3.63, 3.8) is 0 Å². The molecule has 0 bridgehead atoms. The number of carbonyl (C=O) groups excluding carboxylic acids is 1. The molecule has 0 aliphatic heterocycles. The molecule has 1 N–H and O–H groups in total. The van der Waals surface area contributed by atoms with Crippen molar-refractivity contribution in [2.75, 3.05) is 0 Å². The van der Waals surface area contributed by atoms with Gasteiger partial charge in [-0.1, -0.05) is 19.1 Å². The Bertz CT molecular complexity index is 389. The van der Waals surface area contributed by atoms with Gasteiger partial charge in [0.15, 0.2) is 0 Å². The van der Waals surface area contributed by atoms with Crippen LogP contribution in [-0.4, -0.2) is 17.2 Å². The summed E-state index contributed by atoms with van der Waals surface area (Å²) in [7, 11) is 0. The Morgan fingerprint density at radius 1 is 1.22 bits per heavy atom. The number of carbonyl (C=O) groups is 1. The Morgan fingerprint density at radius 3 is 2.39 bits per heavy atom. The molecule has 3 nitrogen and oxygen atoms in total. The van der Waals surface area contributed by atoms with Crippen molar-refractivity contribution in [1.82, 2.24) is 0 Å². The van der Waals surface area contributed by atoms with E-state index < -0.39 is 0 Å². The number of hydrogen-bond acceptors (Lipinski definition) is 3. The lowest BCUT2D eigenvalue weighted by Gasteiger charge is -2.28. The topological polar surface area (TPSA) is 46.5 Å². The van der Waals surface area contributed by atoms with Crippen molar-refractivity contribution in [1.29, 1.82) is 0 Å². The van der Waals surface area contributed by atoms with Crippen LogP contribution in [0.15, 0.2) is 24.3 Å². The Kier molecular flexibility index (Phi) is 4.24. The molecular formula is C15H20O3. The third-order valence-electron chi connectivity index (χ3n) is 3.63. The monoisotopic (exact) mass is 248 g/mol. The number of esters is 1. The molecule has 3 heteroatoms. The third kappa shape index (κ3) is 3.25. The molecule has 98 valence electrons. The molecule has 1 aromatic rings. The van der Waals surface area contributed by atoms with Gasteiger partial charge in [-0.05, 0) is 49.3 Å². The predicted octanol–water partition coefficient (Wildman–Crippen LogP) is 3.37. The second-order valence-electron chi connectivity index (χ2n) is 4.91. The first kappa shape index (κ1) is 12.9. The number of benzene rings is 1. The molecule has 0 aromatic heterocycles. The number of phenolic OH excluding ortho intramolecular Hbond substituents is 1. The number of rotatable bonds is 3. The Hall–Kier alpha value is -1.51. The molecule has 0 amide bonds. The minimum atomic E-state index is -0.0944. The van der Waals surface area contributed by atoms with Crippen molar-refractivity contribution in [3.8, 4) is 5.75 Å². The van der Waals surface area contributed by atoms with Gasteiger partial charge in [-0.25, -0.2) is 0 Å². The first-order valence-corrected chi connectivity index (χ1v) is 6.67. The molecule has 2 rings (SSSR count). The highest BCUT2D eigenvalue weighted by Gasteiger charge is 2.24. The summed E-state index contributed by atoms with van der Waals surface area (Å²) in [5, 5.41) is 9.27. The van der Waals surface area contributed by atoms with Gasteiger partial charge in [0, 0.05) is 6.42 Å². The predicted molar refractivity (Wildman–Crippen MR) is 69.5 cm³/mol. The van der Waals surface area contributed by atoms with E-state index in [4.69, 9.17) is 4.74 Å². The lowest BCUT2D eigenvalue weighted by atomic mass is 9.83. The summed E-state index contributed by atoms with van der Waals surface area (Å²) < 4.78 is 5.36. The molecule has 1 fully saturated rings. The largest absolute Gasteiger partial charge is 0.508 e. The van der Waals surface area contributed by atoms with Crippen LogP contribution in [-0.2, 0) is 9.53 Å². The van der Waals surface area contributed by atoms with Gasteiger partial charge in [-0.3, -0.25) is 4.79 Å². The molecule has 0 heterocycles. The van der Waals surface area contributed by atoms with E-state index in [1.807, 2.05) is 19.1 Å². The SMILES string of the molecule is CCC(=O)OC1CCC(c2ccc(O)cc2)CC1. The van der Waals surface area contributed by atoms with E-state index >= 15 is 0 Å². The van der Waals surface area contributed by atoms with Crippen LogP contribution < -0.4 is 0 Å². The summed E-state index contributed by atoms with van der Waals surface area (Å²) in [6.07, 6.45) is 4.54. The van der Waals surface area contributed by atoms with Crippen molar-refractivity contribution < 1.29 is 14.6 Å². The molecule has 18 heavy (non-hydrogen) atoms. The molecular weight excluding hydrogens is 228 g/mol. The smallest absolute Gasteiger partial charge is 0.305 e. The number of phenols is 1. The standard InChI is InChI=1S/C15H20O3/c1-2-15(17)18-14-9-5-12(6-10-14)11-3-7-13(16)8-4-11/h3-4,7-8,12,14,16H,2,5-6,9-10H2,1H3. The van der Waals surface area contributed by atoms with Crippen molar-refractivity contribution in [2.45, 2.75) is 51.0 Å². The molecule has 0 atom stereocenters. The minimum absolute atomic E-state index is 0.0944. The zero-order valence-electron chi connectivity index (χ0n) is 10.8. The van der Waals surface area contributed by atoms with Crippen molar-refractivity contribution in [3.05, 3.63) is 29.8 Å². The van der Waals surface area contributed by atoms with Crippen LogP contribution in [0.25, 0.3) is 0 Å². The molecule has 1 aliphatic carbocycles. The van der Waals surface area contributed by atoms with E-state index in [0.29, 0.717) is 18.1 Å². The Balaban J connectivity index is 1.86. The fraction of sp³-hybridized carbons (Fsp3) is 0.533. The zero-order chi connectivity index (χ0) is 13.0. The van der Waals surface area contributed by atoms with Crippen molar-refractivity contribution in [2.24, 2.45) is 0 Å². The van der Waals surface area contributed by atoms with Crippen LogP contribution in [0.5, 0.6) is 5.75 Å². The second kappa shape index (κ2) is 5.89. The quantitative estimate of drug-likeness (QED) is 0.834. The van der Waals surface area contributed by atoms with Crippen molar-refractivity contribution >= 4 is 5.97 Å². The molecule has 1 saturated carbocycles. The maximum absolute atomic E-state index is 11.2. The average Bonchev–Trinajstić information content (AvgIpc) is 2.40. The first-order chi connectivity index (χ1) is 8.69. The second-order valence-corrected chi connectivity index (χ2v) is 4.91. The lowest BCUT2D eigenvalue weighted by molar-refractivity contribution is -0.150. The van der Waals surface area contributed by atoms with Gasteiger partial charge < -0.3 is 9.84 Å². The molecule has 0 unspecified atom stereocenters. The van der Waals surface area contributed by atoms with E-state index in [0.717, 1.165) is 25.7 Å². The first-order valence-electron chi connectivity index (χ1n) is 6.67. The van der Waals surface area contributed by atoms with Gasteiger partial charge in [0.2, 0.25) is 0 Å². The fourth-order valence-electron chi connectivity index (χ4n) is 2.53. The molecule has 1 aliphatic rings. The minimum Gasteiger partial charge on any atom is -0.508 e. The van der Waals surface area contributed by atoms with Gasteiger partial charge in [0.05, 0.1) is 0 Å². The highest BCUT2D eigenvalue weighted by molar-refractivity contribution is 5.69. The van der Waals surface area contributed by atoms with Crippen LogP contribution in [0.2, 0.25) is 0 Å². The summed E-state index contributed by atoms with van der Waals surface area (Å²) in [5.74, 6) is 0.745. The van der Waals surface area contributed by atoms with Crippen LogP contribution >= 0.6 is 0 Å². The fourth-order valence-corrected chi connectivity index (χ4v) is 2.53. The normalized spacial score (nSPS) is 23.6. The molecule has 0 radical (unpaired) electrons. The summed E-state index contributed by atoms with van der Waals surface area (Å²) in [5.41, 5.74) is 1.27. The van der Waals surface area contributed by atoms with Crippen LogP contribution in [0, 0.1) is 0 Å². The molecule has 0 spiro atoms. The summed E-state index contributed by atoms with van der Waals surface area (Å²) in [4.78, 5) is 11.2. The van der Waals surface area contributed by atoms with Crippen LogP contribution in [0.1, 0.15) is 50.5 Å². The summed E-state index contributed by atoms with van der Waals surface area (Å²) in [6, 6.07) is 7.44.